The molecule has 1 rings (SSSR count). The van der Waals surface area contributed by atoms with Crippen LogP contribution in [0.2, 0.25) is 0 Å². The second-order valence-electron chi connectivity index (χ2n) is 17.1. The fourth-order valence-electron chi connectivity index (χ4n) is 7.14. The summed E-state index contributed by atoms with van der Waals surface area (Å²) in [5, 5.41) is 88.6. The molecular weight excluding hydrogens is 1010 g/mol. The number of aliphatic carboxylic acids is 8. The zero-order chi connectivity index (χ0) is 56.5. The van der Waals surface area contributed by atoms with E-state index >= 15 is 0 Å². The predicted molar refractivity (Wildman–Crippen MR) is 254 cm³/mol. The summed E-state index contributed by atoms with van der Waals surface area (Å²) in [6, 6.07) is -4.19. The lowest BCUT2D eigenvalue weighted by Gasteiger charge is -2.32. The van der Waals surface area contributed by atoms with Crippen LogP contribution in [-0.4, -0.2) is 304 Å². The van der Waals surface area contributed by atoms with Crippen molar-refractivity contribution in [2.75, 3.05) is 144 Å². The molecule has 0 aromatic rings. The molecule has 0 bridgehead atoms. The van der Waals surface area contributed by atoms with Gasteiger partial charge in [-0.25, -0.2) is 14.4 Å². The van der Waals surface area contributed by atoms with Crippen LogP contribution in [0.15, 0.2) is 0 Å². The maximum atomic E-state index is 13.0. The van der Waals surface area contributed by atoms with Crippen LogP contribution in [0.4, 0.5) is 4.79 Å². The van der Waals surface area contributed by atoms with Gasteiger partial charge in [0.05, 0.1) is 58.9 Å². The van der Waals surface area contributed by atoms with Gasteiger partial charge in [0, 0.05) is 91.5 Å². The quantitative estimate of drug-likeness (QED) is 0.0259. The van der Waals surface area contributed by atoms with E-state index in [9.17, 15) is 98.1 Å². The molecule has 424 valence electrons. The number of nitrogens with zero attached hydrogens (tertiary/aromatic N) is 6. The van der Waals surface area contributed by atoms with Gasteiger partial charge < -0.3 is 72.8 Å². The maximum absolute atomic E-state index is 13.0. The highest BCUT2D eigenvalue weighted by molar-refractivity contribution is 5.87. The van der Waals surface area contributed by atoms with E-state index in [1.807, 2.05) is 5.32 Å². The molecule has 0 aromatic carbocycles. The number of carboxylic acid groups (broad SMARTS) is 8. The van der Waals surface area contributed by atoms with Gasteiger partial charge in [-0.05, 0) is 25.7 Å². The van der Waals surface area contributed by atoms with Crippen molar-refractivity contribution in [2.45, 2.75) is 44.2 Å². The zero-order valence-electron chi connectivity index (χ0n) is 41.3. The Morgan fingerprint density at radius 2 is 0.760 bits per heavy atom. The lowest BCUT2D eigenvalue weighted by Crippen LogP contribution is -2.51. The molecule has 2 atom stereocenters. The van der Waals surface area contributed by atoms with Crippen molar-refractivity contribution >= 4 is 77.4 Å². The molecule has 1 aliphatic rings. The van der Waals surface area contributed by atoms with Gasteiger partial charge in [0.2, 0.25) is 23.6 Å². The molecule has 6 amide bonds. The van der Waals surface area contributed by atoms with E-state index in [1.165, 1.54) is 4.90 Å². The largest absolute Gasteiger partial charge is 0.481 e. The smallest absolute Gasteiger partial charge is 0.326 e. The second kappa shape index (κ2) is 36.6. The summed E-state index contributed by atoms with van der Waals surface area (Å²) in [6.45, 7) is -3.20. The number of carbonyl (C=O) groups is 13. The Kier molecular flexibility index (Phi) is 32.0. The molecule has 1 heterocycles. The Morgan fingerprint density at radius 1 is 0.387 bits per heavy atom. The minimum Gasteiger partial charge on any atom is -0.481 e. The van der Waals surface area contributed by atoms with Crippen molar-refractivity contribution < 1.29 is 103 Å². The van der Waals surface area contributed by atoms with Gasteiger partial charge in [-0.3, -0.25) is 77.3 Å². The maximum Gasteiger partial charge on any atom is 0.326 e. The van der Waals surface area contributed by atoms with Gasteiger partial charge in [0.1, 0.15) is 12.1 Å². The number of carboxylic acids is 8. The van der Waals surface area contributed by atoms with Crippen LogP contribution in [-0.2, 0) is 57.5 Å². The van der Waals surface area contributed by atoms with Gasteiger partial charge >= 0.3 is 53.8 Å². The highest BCUT2D eigenvalue weighted by atomic mass is 16.4. The van der Waals surface area contributed by atoms with Crippen molar-refractivity contribution in [1.82, 2.24) is 61.3 Å². The minimum atomic E-state index is -1.59. The van der Waals surface area contributed by atoms with E-state index in [0.717, 1.165) is 4.90 Å². The van der Waals surface area contributed by atoms with Gasteiger partial charge in [-0.15, -0.1) is 0 Å². The lowest BCUT2D eigenvalue weighted by atomic mass is 10.1. The van der Waals surface area contributed by atoms with Crippen LogP contribution in [0, 0.1) is 0 Å². The Morgan fingerprint density at radius 3 is 1.15 bits per heavy atom. The first-order valence-electron chi connectivity index (χ1n) is 23.6. The minimum absolute atomic E-state index is 0.00576. The van der Waals surface area contributed by atoms with Crippen LogP contribution in [0.25, 0.3) is 0 Å². The third-order valence-electron chi connectivity index (χ3n) is 10.9. The first-order valence-corrected chi connectivity index (χ1v) is 23.6. The van der Waals surface area contributed by atoms with Gasteiger partial charge in [-0.1, -0.05) is 0 Å². The molecular formula is C42H70N12O21. The van der Waals surface area contributed by atoms with Crippen molar-refractivity contribution in [3.63, 3.8) is 0 Å². The van der Waals surface area contributed by atoms with Crippen LogP contribution in [0.1, 0.15) is 32.1 Å². The van der Waals surface area contributed by atoms with Crippen LogP contribution in [0.5, 0.6) is 0 Å². The third kappa shape index (κ3) is 33.9. The molecule has 33 heteroatoms. The van der Waals surface area contributed by atoms with E-state index in [0.29, 0.717) is 0 Å². The highest BCUT2D eigenvalue weighted by Crippen LogP contribution is 2.05. The van der Waals surface area contributed by atoms with Crippen molar-refractivity contribution in [3.8, 4) is 0 Å². The molecule has 1 fully saturated rings. The Balaban J connectivity index is 2.66. The molecule has 2 unspecified atom stereocenters. The number of hydrogen-bond acceptors (Lipinski definition) is 19. The van der Waals surface area contributed by atoms with Gasteiger partial charge in [-0.2, -0.15) is 0 Å². The number of amides is 6. The number of urea groups is 1. The number of carbonyl (C=O) groups excluding carboxylic acids is 5. The summed E-state index contributed by atoms with van der Waals surface area (Å²) in [5.41, 5.74) is 0. The molecule has 0 aromatic heterocycles. The average molecular weight is 1080 g/mol. The Hall–Kier alpha value is -7.33. The molecule has 33 nitrogen and oxygen atoms in total. The van der Waals surface area contributed by atoms with Crippen molar-refractivity contribution in [3.05, 3.63) is 0 Å². The summed E-state index contributed by atoms with van der Waals surface area (Å²) in [6.07, 6.45) is -0.796. The fraction of sp³-hybridized carbons (Fsp3) is 0.690. The molecule has 14 N–H and O–H groups in total. The topological polar surface area (TPSA) is 475 Å². The van der Waals surface area contributed by atoms with E-state index in [2.05, 4.69) is 26.6 Å². The Bertz CT molecular complexity index is 1930. The van der Waals surface area contributed by atoms with Crippen LogP contribution >= 0.6 is 0 Å². The normalized spacial score (nSPS) is 15.0. The summed E-state index contributed by atoms with van der Waals surface area (Å²) in [7, 11) is 0. The van der Waals surface area contributed by atoms with E-state index in [1.54, 1.807) is 19.6 Å². The monoisotopic (exact) mass is 1080 g/mol. The average Bonchev–Trinajstić information content (AvgIpc) is 3.29. The zero-order valence-corrected chi connectivity index (χ0v) is 41.3. The molecule has 0 spiro atoms. The molecule has 0 radical (unpaired) electrons. The number of unbranched alkanes of at least 4 members (excludes halogenated alkanes) is 1. The van der Waals surface area contributed by atoms with Crippen LogP contribution in [0.3, 0.4) is 0 Å². The van der Waals surface area contributed by atoms with E-state index in [-0.39, 0.29) is 131 Å². The second-order valence-corrected chi connectivity index (χ2v) is 17.1. The summed E-state index contributed by atoms with van der Waals surface area (Å²) in [5.74, 6) is -12.9. The number of nitrogens with one attached hydrogen (secondary N) is 6. The molecule has 0 saturated carbocycles. The van der Waals surface area contributed by atoms with Gasteiger partial charge in [0.25, 0.3) is 0 Å². The molecule has 1 aliphatic heterocycles. The van der Waals surface area contributed by atoms with Crippen LogP contribution < -0.4 is 31.9 Å². The van der Waals surface area contributed by atoms with Gasteiger partial charge in [0.15, 0.2) is 0 Å². The Labute approximate surface area is 429 Å². The molecule has 1 saturated heterocycles. The first kappa shape index (κ1) is 65.7. The third-order valence-corrected chi connectivity index (χ3v) is 10.9. The SMILES string of the molecule is O=C(O)CCC(NC(=O)NC(CCCCNC(=O)CNC(=O)CN(CCN(CC(=O)O)CC(=O)NCCNC(=O)CN1CCN(CC(=O)O)CCN(CC(=O)O)CCN(CC(=O)O)CC1)CC(=O)O)C(=O)O)C(=O)O. The fourth-order valence-corrected chi connectivity index (χ4v) is 7.14. The molecule has 0 aliphatic carbocycles. The predicted octanol–water partition coefficient (Wildman–Crippen LogP) is -7.06. The van der Waals surface area contributed by atoms with Crippen molar-refractivity contribution in [2.24, 2.45) is 0 Å². The summed E-state index contributed by atoms with van der Waals surface area (Å²) < 4.78 is 0. The van der Waals surface area contributed by atoms with Crippen molar-refractivity contribution in [1.29, 1.82) is 0 Å². The lowest BCUT2D eigenvalue weighted by molar-refractivity contribution is -0.141. The van der Waals surface area contributed by atoms with E-state index < -0.39 is 135 Å². The first-order chi connectivity index (χ1) is 35.3. The highest BCUT2D eigenvalue weighted by Gasteiger charge is 2.26. The summed E-state index contributed by atoms with van der Waals surface area (Å²) >= 11 is 0. The standard InChI is InChI=1S/C42H70N12O21/c55-30(43-6-2-1-3-28(40(71)72)47-42(75)48-29(41(73)74)4-5-34(59)60)19-46-33(58)22-54(27-39(69)70)18-17-53(26-38(67)68)21-32(57)45-8-7-44-31(56)20-49-9-11-50(23-35(61)62)13-15-52(25-37(65)66)16-14-51(12-10-49)24-36(63)64/h28-29H,1-27H2,(H,43,55)(H,44,56)(H,45,57)(H,46,58)(H,59,60)(H,61,62)(H,63,64)(H,65,66)(H,67,68)(H,69,70)(H,71,72)(H,73,74)(H2,47,48,75). The number of rotatable bonds is 36. The summed E-state index contributed by atoms with van der Waals surface area (Å²) in [4.78, 5) is 163. The number of hydrogen-bond donors (Lipinski definition) is 14. The molecule has 75 heavy (non-hydrogen) atoms. The van der Waals surface area contributed by atoms with E-state index in [4.69, 9.17) is 5.11 Å².